The highest BCUT2D eigenvalue weighted by Crippen LogP contribution is 2.39. The van der Waals surface area contributed by atoms with Crippen LogP contribution < -0.4 is 21.1 Å². The monoisotopic (exact) mass is 499 g/mol. The smallest absolute Gasteiger partial charge is 0.255 e. The molecule has 0 atom stereocenters. The van der Waals surface area contributed by atoms with E-state index in [1.54, 1.807) is 19.2 Å². The summed E-state index contributed by atoms with van der Waals surface area (Å²) in [6.07, 6.45) is 0. The van der Waals surface area contributed by atoms with E-state index in [0.29, 0.717) is 22.2 Å². The quantitative estimate of drug-likeness (QED) is 0.236. The minimum Gasteiger partial charge on any atom is -0.497 e. The van der Waals surface area contributed by atoms with E-state index < -0.39 is 0 Å². The lowest BCUT2D eigenvalue weighted by Gasteiger charge is -2.06. The molecule has 0 aliphatic heterocycles. The lowest BCUT2D eigenvalue weighted by atomic mass is 10.1. The Balaban J connectivity index is 1.33. The molecule has 2 aromatic heterocycles. The van der Waals surface area contributed by atoms with E-state index in [1.807, 2.05) is 72.1 Å². The van der Waals surface area contributed by atoms with Crippen molar-refractivity contribution < 1.29 is 9.53 Å². The van der Waals surface area contributed by atoms with Crippen LogP contribution in [0.5, 0.6) is 5.75 Å². The van der Waals surface area contributed by atoms with Crippen molar-refractivity contribution in [2.45, 2.75) is 0 Å². The second kappa shape index (κ2) is 9.96. The molecule has 35 heavy (non-hydrogen) atoms. The van der Waals surface area contributed by atoms with Gasteiger partial charge >= 0.3 is 0 Å². The molecular weight excluding hydrogens is 478 g/mol. The molecule has 3 aromatic carbocycles. The normalized spacial score (nSPS) is 10.7. The zero-order chi connectivity index (χ0) is 24.2. The molecule has 0 radical (unpaired) electrons. The van der Waals surface area contributed by atoms with Crippen molar-refractivity contribution in [1.82, 2.24) is 9.97 Å². The molecule has 0 saturated carbocycles. The van der Waals surface area contributed by atoms with E-state index in [1.165, 1.54) is 22.7 Å². The van der Waals surface area contributed by atoms with Gasteiger partial charge in [0, 0.05) is 27.9 Å². The summed E-state index contributed by atoms with van der Waals surface area (Å²) in [6.45, 7) is 0. The second-order valence-electron chi connectivity index (χ2n) is 7.53. The van der Waals surface area contributed by atoms with Crippen LogP contribution in [-0.2, 0) is 0 Å². The Morgan fingerprint density at radius 1 is 0.943 bits per heavy atom. The first kappa shape index (κ1) is 22.6. The summed E-state index contributed by atoms with van der Waals surface area (Å²) >= 11 is 2.95. The predicted octanol–water partition coefficient (Wildman–Crippen LogP) is 6.52. The summed E-state index contributed by atoms with van der Waals surface area (Å²) in [4.78, 5) is 22.5. The van der Waals surface area contributed by atoms with E-state index in [2.05, 4.69) is 15.6 Å². The second-order valence-corrected chi connectivity index (χ2v) is 9.38. The highest BCUT2D eigenvalue weighted by molar-refractivity contribution is 7.23. The molecule has 1 amide bonds. The molecule has 5 rings (SSSR count). The number of anilines is 4. The van der Waals surface area contributed by atoms with Crippen LogP contribution in [0.3, 0.4) is 0 Å². The van der Waals surface area contributed by atoms with Gasteiger partial charge in [0.15, 0.2) is 5.13 Å². The van der Waals surface area contributed by atoms with Gasteiger partial charge in [0.2, 0.25) is 0 Å². The summed E-state index contributed by atoms with van der Waals surface area (Å²) < 4.78 is 5.20. The fraction of sp³-hybridized carbons (Fsp3) is 0.0385. The highest BCUT2D eigenvalue weighted by Gasteiger charge is 2.16. The van der Waals surface area contributed by atoms with Crippen molar-refractivity contribution in [3.8, 4) is 26.9 Å². The van der Waals surface area contributed by atoms with Gasteiger partial charge in [0.05, 0.1) is 12.8 Å². The van der Waals surface area contributed by atoms with Gasteiger partial charge in [-0.1, -0.05) is 41.7 Å². The molecule has 0 saturated heterocycles. The van der Waals surface area contributed by atoms with E-state index in [9.17, 15) is 4.79 Å². The number of nitrogens with one attached hydrogen (secondary N) is 2. The molecule has 0 aliphatic rings. The number of aromatic nitrogens is 2. The lowest BCUT2D eigenvalue weighted by molar-refractivity contribution is 0.102. The Morgan fingerprint density at radius 2 is 1.74 bits per heavy atom. The number of nitrogen functional groups attached to an aromatic ring is 1. The molecule has 174 valence electrons. The van der Waals surface area contributed by atoms with Gasteiger partial charge in [-0.3, -0.25) is 4.79 Å². The van der Waals surface area contributed by atoms with Crippen LogP contribution >= 0.6 is 22.7 Å². The van der Waals surface area contributed by atoms with Crippen LogP contribution in [0, 0.1) is 0 Å². The third-order valence-electron chi connectivity index (χ3n) is 5.15. The topological polar surface area (TPSA) is 102 Å². The average Bonchev–Trinajstić information content (AvgIpc) is 3.52. The first-order chi connectivity index (χ1) is 17.1. The number of amides is 1. The maximum atomic E-state index is 12.5. The van der Waals surface area contributed by atoms with Crippen molar-refractivity contribution in [2.75, 3.05) is 23.5 Å². The number of thiazole rings is 2. The van der Waals surface area contributed by atoms with Crippen LogP contribution in [0.1, 0.15) is 10.4 Å². The van der Waals surface area contributed by atoms with Crippen molar-refractivity contribution in [2.24, 2.45) is 0 Å². The first-order valence-corrected chi connectivity index (χ1v) is 12.4. The van der Waals surface area contributed by atoms with E-state index >= 15 is 0 Å². The molecule has 5 aromatic rings. The fourth-order valence-corrected chi connectivity index (χ4v) is 5.23. The molecule has 2 heterocycles. The summed E-state index contributed by atoms with van der Waals surface area (Å²) in [5.41, 5.74) is 10.1. The third-order valence-corrected chi connectivity index (χ3v) is 7.13. The molecule has 7 nitrogen and oxygen atoms in total. The maximum absolute atomic E-state index is 12.5. The SMILES string of the molecule is COc1ccc(Nc2nc(N)c(-c3nc(-c4cccc(NC(=O)c5ccccc5)c4)cs3)s2)cc1. The molecule has 0 spiro atoms. The summed E-state index contributed by atoms with van der Waals surface area (Å²) in [7, 11) is 1.63. The van der Waals surface area contributed by atoms with Crippen molar-refractivity contribution in [1.29, 1.82) is 0 Å². The van der Waals surface area contributed by atoms with Crippen molar-refractivity contribution in [3.63, 3.8) is 0 Å². The molecule has 4 N–H and O–H groups in total. The number of rotatable bonds is 7. The number of benzene rings is 3. The number of hydrogen-bond acceptors (Lipinski definition) is 8. The molecule has 0 fully saturated rings. The highest BCUT2D eigenvalue weighted by atomic mass is 32.1. The Labute approximate surface area is 210 Å². The number of ether oxygens (including phenoxy) is 1. The number of carbonyl (C=O) groups is 1. The Hall–Kier alpha value is -4.21. The van der Waals surface area contributed by atoms with Gasteiger partial charge in [0.25, 0.3) is 5.91 Å². The Kier molecular flexibility index (Phi) is 6.42. The average molecular weight is 500 g/mol. The van der Waals surface area contributed by atoms with Gasteiger partial charge in [-0.15, -0.1) is 11.3 Å². The summed E-state index contributed by atoms with van der Waals surface area (Å²) in [5, 5.41) is 9.66. The standard InChI is InChI=1S/C26H21N5O2S2/c1-33-20-12-10-18(11-13-20)29-26-31-23(27)22(35-26)25-30-21(15-34-25)17-8-5-9-19(14-17)28-24(32)16-6-3-2-4-7-16/h2-15H,27H2,1H3,(H,28,32)(H,29,31). The Bertz CT molecular complexity index is 1460. The summed E-state index contributed by atoms with van der Waals surface area (Å²) in [5.74, 6) is 1.06. The van der Waals surface area contributed by atoms with Crippen LogP contribution in [0.2, 0.25) is 0 Å². The van der Waals surface area contributed by atoms with E-state index in [0.717, 1.165) is 32.6 Å². The first-order valence-electron chi connectivity index (χ1n) is 10.7. The van der Waals surface area contributed by atoms with Crippen LogP contribution in [0.15, 0.2) is 84.2 Å². The summed E-state index contributed by atoms with van der Waals surface area (Å²) in [6, 6.07) is 24.3. The number of hydrogen-bond donors (Lipinski definition) is 3. The molecule has 0 aliphatic carbocycles. The number of nitrogens with zero attached hydrogens (tertiary/aromatic N) is 2. The molecule has 0 unspecified atom stereocenters. The minimum absolute atomic E-state index is 0.156. The largest absolute Gasteiger partial charge is 0.497 e. The van der Waals surface area contributed by atoms with E-state index in [-0.39, 0.29) is 5.91 Å². The van der Waals surface area contributed by atoms with Crippen molar-refractivity contribution >= 4 is 50.9 Å². The minimum atomic E-state index is -0.156. The van der Waals surface area contributed by atoms with Crippen LogP contribution in [0.25, 0.3) is 21.1 Å². The zero-order valence-corrected chi connectivity index (χ0v) is 20.3. The fourth-order valence-electron chi connectivity index (χ4n) is 3.40. The third kappa shape index (κ3) is 5.16. The van der Waals surface area contributed by atoms with Crippen molar-refractivity contribution in [3.05, 3.63) is 89.8 Å². The van der Waals surface area contributed by atoms with Gasteiger partial charge in [-0.25, -0.2) is 9.97 Å². The van der Waals surface area contributed by atoms with Gasteiger partial charge in [-0.05, 0) is 48.5 Å². The number of carbonyl (C=O) groups excluding carboxylic acids is 1. The maximum Gasteiger partial charge on any atom is 0.255 e. The van der Waals surface area contributed by atoms with Gasteiger partial charge < -0.3 is 21.1 Å². The molecule has 9 heteroatoms. The van der Waals surface area contributed by atoms with Crippen LogP contribution in [0.4, 0.5) is 22.3 Å². The molecule has 0 bridgehead atoms. The number of methoxy groups -OCH3 is 1. The van der Waals surface area contributed by atoms with Gasteiger partial charge in [-0.2, -0.15) is 0 Å². The van der Waals surface area contributed by atoms with Gasteiger partial charge in [0.1, 0.15) is 21.5 Å². The molecular formula is C26H21N5O2S2. The Morgan fingerprint density at radius 3 is 2.51 bits per heavy atom. The zero-order valence-electron chi connectivity index (χ0n) is 18.7. The predicted molar refractivity (Wildman–Crippen MR) is 144 cm³/mol. The lowest BCUT2D eigenvalue weighted by Crippen LogP contribution is -2.11. The number of nitrogens with two attached hydrogens (primary N) is 1. The van der Waals surface area contributed by atoms with Crippen LogP contribution in [-0.4, -0.2) is 23.0 Å². The van der Waals surface area contributed by atoms with E-state index in [4.69, 9.17) is 15.5 Å².